The molecule has 1 aromatic heterocycles. The first-order valence-corrected chi connectivity index (χ1v) is 7.58. The van der Waals surface area contributed by atoms with Gasteiger partial charge in [0.15, 0.2) is 0 Å². The van der Waals surface area contributed by atoms with Crippen LogP contribution in [0, 0.1) is 0 Å². The molecular formula is C13H12ClNSe. The van der Waals surface area contributed by atoms with Crippen LogP contribution in [-0.4, -0.2) is 18.7 Å². The van der Waals surface area contributed by atoms with Gasteiger partial charge in [0.25, 0.3) is 0 Å². The predicted molar refractivity (Wildman–Crippen MR) is 68.3 cm³/mol. The number of benzene rings is 1. The van der Waals surface area contributed by atoms with Gasteiger partial charge in [-0.15, -0.1) is 0 Å². The van der Waals surface area contributed by atoms with Crippen molar-refractivity contribution in [2.75, 3.05) is 0 Å². The number of rotatable bonds is 1. The molecule has 0 bridgehead atoms. The van der Waals surface area contributed by atoms with E-state index in [-0.39, 0.29) is 0 Å². The second-order valence-corrected chi connectivity index (χ2v) is 6.38. The Hall–Kier alpha value is -0.561. The molecule has 0 saturated heterocycles. The van der Waals surface area contributed by atoms with Gasteiger partial charge in [-0.25, -0.2) is 0 Å². The van der Waals surface area contributed by atoms with E-state index < -0.39 is 0 Å². The van der Waals surface area contributed by atoms with Crippen LogP contribution in [0.4, 0.5) is 0 Å². The van der Waals surface area contributed by atoms with Crippen LogP contribution in [0.15, 0.2) is 24.3 Å². The van der Waals surface area contributed by atoms with Crippen LogP contribution in [-0.2, 0) is 12.8 Å². The Morgan fingerprint density at radius 1 is 1.06 bits per heavy atom. The first-order valence-electron chi connectivity index (χ1n) is 5.58. The van der Waals surface area contributed by atoms with Crippen LogP contribution >= 0.6 is 11.6 Å². The summed E-state index contributed by atoms with van der Waals surface area (Å²) in [6.45, 7) is 0. The molecule has 0 spiro atoms. The van der Waals surface area contributed by atoms with E-state index in [9.17, 15) is 0 Å². The van der Waals surface area contributed by atoms with Crippen molar-refractivity contribution < 1.29 is 0 Å². The van der Waals surface area contributed by atoms with Gasteiger partial charge < -0.3 is 0 Å². The first-order chi connectivity index (χ1) is 7.84. The quantitative estimate of drug-likeness (QED) is 0.736. The molecule has 1 aromatic carbocycles. The third-order valence-corrected chi connectivity index (χ3v) is 5.30. The van der Waals surface area contributed by atoms with Crippen molar-refractivity contribution in [3.63, 3.8) is 0 Å². The molecular weight excluding hydrogens is 285 g/mol. The van der Waals surface area contributed by atoms with Gasteiger partial charge in [-0.3, -0.25) is 0 Å². The molecule has 1 nitrogen and oxygen atoms in total. The van der Waals surface area contributed by atoms with Crippen molar-refractivity contribution in [2.45, 2.75) is 25.7 Å². The summed E-state index contributed by atoms with van der Waals surface area (Å²) < 4.78 is 6.37. The van der Waals surface area contributed by atoms with Gasteiger partial charge in [-0.1, -0.05) is 0 Å². The standard InChI is InChI=1S/C13H12ClNSe/c14-10-7-5-9(6-8-10)13-11-3-1-2-4-12(11)16-15-13/h5-8H,1-4H2. The van der Waals surface area contributed by atoms with Crippen LogP contribution in [0.1, 0.15) is 22.8 Å². The molecule has 0 atom stereocenters. The van der Waals surface area contributed by atoms with E-state index >= 15 is 0 Å². The summed E-state index contributed by atoms with van der Waals surface area (Å²) >= 11 is 6.27. The Kier molecular flexibility index (Phi) is 2.89. The zero-order chi connectivity index (χ0) is 11.0. The van der Waals surface area contributed by atoms with E-state index in [0.29, 0.717) is 14.7 Å². The summed E-state index contributed by atoms with van der Waals surface area (Å²) in [5.41, 5.74) is 4.01. The third kappa shape index (κ3) is 1.86. The van der Waals surface area contributed by atoms with E-state index in [0.717, 1.165) is 5.02 Å². The van der Waals surface area contributed by atoms with Gasteiger partial charge in [0, 0.05) is 0 Å². The summed E-state index contributed by atoms with van der Waals surface area (Å²) in [7, 11) is 0. The van der Waals surface area contributed by atoms with Crippen molar-refractivity contribution in [1.29, 1.82) is 0 Å². The molecule has 0 aliphatic heterocycles. The SMILES string of the molecule is Clc1ccc(-c2n[se]c3c2CCCC3)cc1. The Morgan fingerprint density at radius 2 is 1.81 bits per heavy atom. The Morgan fingerprint density at radius 3 is 2.62 bits per heavy atom. The van der Waals surface area contributed by atoms with Gasteiger partial charge in [0.2, 0.25) is 0 Å². The monoisotopic (exact) mass is 297 g/mol. The molecule has 1 heterocycles. The zero-order valence-corrected chi connectivity index (χ0v) is 11.3. The fourth-order valence-electron chi connectivity index (χ4n) is 2.22. The van der Waals surface area contributed by atoms with Gasteiger partial charge in [-0.2, -0.15) is 0 Å². The maximum atomic E-state index is 5.91. The summed E-state index contributed by atoms with van der Waals surface area (Å²) in [6, 6.07) is 8.07. The van der Waals surface area contributed by atoms with Gasteiger partial charge in [-0.05, 0) is 0 Å². The zero-order valence-electron chi connectivity index (χ0n) is 8.87. The molecule has 0 radical (unpaired) electrons. The molecule has 0 N–H and O–H groups in total. The van der Waals surface area contributed by atoms with E-state index in [4.69, 9.17) is 15.6 Å². The number of hydrogen-bond acceptors (Lipinski definition) is 1. The minimum absolute atomic E-state index is 0.366. The second kappa shape index (κ2) is 4.37. The normalized spacial score (nSPS) is 14.8. The molecule has 0 saturated carbocycles. The van der Waals surface area contributed by atoms with Crippen molar-refractivity contribution in [2.24, 2.45) is 0 Å². The fraction of sp³-hybridized carbons (Fsp3) is 0.308. The second-order valence-electron chi connectivity index (χ2n) is 4.15. The molecule has 3 rings (SSSR count). The van der Waals surface area contributed by atoms with Crippen LogP contribution < -0.4 is 0 Å². The van der Waals surface area contributed by atoms with E-state index in [1.165, 1.54) is 42.5 Å². The maximum absolute atomic E-state index is 5.91. The van der Waals surface area contributed by atoms with Crippen LogP contribution in [0.5, 0.6) is 0 Å². The average Bonchev–Trinajstić information content (AvgIpc) is 2.74. The van der Waals surface area contributed by atoms with Gasteiger partial charge >= 0.3 is 107 Å². The fourth-order valence-corrected chi connectivity index (χ4v) is 4.36. The van der Waals surface area contributed by atoms with Crippen molar-refractivity contribution in [1.82, 2.24) is 3.98 Å². The molecule has 0 amide bonds. The molecule has 16 heavy (non-hydrogen) atoms. The summed E-state index contributed by atoms with van der Waals surface area (Å²) in [4.78, 5) is 0. The van der Waals surface area contributed by atoms with Crippen molar-refractivity contribution in [3.05, 3.63) is 39.3 Å². The van der Waals surface area contributed by atoms with Crippen LogP contribution in [0.3, 0.4) is 0 Å². The molecule has 1 aliphatic rings. The average molecular weight is 297 g/mol. The number of hydrogen-bond donors (Lipinski definition) is 0. The topological polar surface area (TPSA) is 12.9 Å². The minimum atomic E-state index is 0.366. The van der Waals surface area contributed by atoms with Crippen molar-refractivity contribution >= 4 is 26.3 Å². The Labute approximate surface area is 106 Å². The predicted octanol–water partition coefficient (Wildman–Crippen LogP) is 3.34. The summed E-state index contributed by atoms with van der Waals surface area (Å²) in [6.07, 6.45) is 5.17. The van der Waals surface area contributed by atoms with Crippen LogP contribution in [0.25, 0.3) is 11.3 Å². The molecule has 82 valence electrons. The summed E-state index contributed by atoms with van der Waals surface area (Å²) in [5.74, 6) is 0. The number of nitrogens with zero attached hydrogens (tertiary/aromatic N) is 1. The first kappa shape index (κ1) is 10.6. The van der Waals surface area contributed by atoms with E-state index in [1.807, 2.05) is 12.1 Å². The number of halogens is 1. The Bertz CT molecular complexity index is 501. The summed E-state index contributed by atoms with van der Waals surface area (Å²) in [5, 5.41) is 0.797. The third-order valence-electron chi connectivity index (χ3n) is 3.07. The van der Waals surface area contributed by atoms with Gasteiger partial charge in [0.05, 0.1) is 0 Å². The molecule has 3 heteroatoms. The van der Waals surface area contributed by atoms with Crippen molar-refractivity contribution in [3.8, 4) is 11.3 Å². The Balaban J connectivity index is 2.06. The molecule has 2 aromatic rings. The number of aromatic nitrogens is 1. The molecule has 0 unspecified atom stereocenters. The van der Waals surface area contributed by atoms with Gasteiger partial charge in [0.1, 0.15) is 0 Å². The van der Waals surface area contributed by atoms with Crippen LogP contribution in [0.2, 0.25) is 5.02 Å². The number of aryl methyl sites for hydroxylation is 1. The molecule has 1 aliphatic carbocycles. The van der Waals surface area contributed by atoms with E-state index in [2.05, 4.69) is 12.1 Å². The van der Waals surface area contributed by atoms with E-state index in [1.54, 1.807) is 4.44 Å². The molecule has 0 fully saturated rings. The number of fused-ring (bicyclic) bond motifs is 1.